The van der Waals surface area contributed by atoms with Gasteiger partial charge in [-0.25, -0.2) is 0 Å². The van der Waals surface area contributed by atoms with Crippen LogP contribution in [0, 0.1) is 17.3 Å². The van der Waals surface area contributed by atoms with Crippen LogP contribution in [0.2, 0.25) is 0 Å². The first-order valence-corrected chi connectivity index (χ1v) is 11.4. The summed E-state index contributed by atoms with van der Waals surface area (Å²) in [5.74, 6) is 2.17. The molecule has 0 aromatic rings. The van der Waals surface area contributed by atoms with Gasteiger partial charge in [0, 0.05) is 36.9 Å². The number of hydrogen-bond donors (Lipinski definition) is 0. The van der Waals surface area contributed by atoms with Crippen LogP contribution in [0.3, 0.4) is 0 Å². The normalized spacial score (nSPS) is 41.2. The summed E-state index contributed by atoms with van der Waals surface area (Å²) in [6, 6.07) is 0.465. The van der Waals surface area contributed by atoms with Crippen molar-refractivity contribution in [3.63, 3.8) is 0 Å². The SMILES string of the molecule is CCCN1CCC(N(C)C(=O)CC23CC4CC(CC(Br)(C4)C2)C3)CC1. The molecule has 4 bridgehead atoms. The third-order valence-electron chi connectivity index (χ3n) is 7.68. The van der Waals surface area contributed by atoms with Crippen molar-refractivity contribution < 1.29 is 4.79 Å². The van der Waals surface area contributed by atoms with E-state index in [-0.39, 0.29) is 0 Å². The topological polar surface area (TPSA) is 23.6 Å². The van der Waals surface area contributed by atoms with Crippen LogP contribution in [0.25, 0.3) is 0 Å². The molecule has 0 aromatic carbocycles. The first kappa shape index (κ1) is 18.3. The number of carbonyl (C=O) groups is 1. The fourth-order valence-electron chi connectivity index (χ4n) is 7.04. The van der Waals surface area contributed by atoms with Gasteiger partial charge in [-0.15, -0.1) is 0 Å². The molecule has 5 rings (SSSR count). The molecular weight excluding hydrogens is 376 g/mol. The minimum Gasteiger partial charge on any atom is -0.343 e. The second kappa shape index (κ2) is 6.82. The van der Waals surface area contributed by atoms with E-state index >= 15 is 0 Å². The monoisotopic (exact) mass is 410 g/mol. The summed E-state index contributed by atoms with van der Waals surface area (Å²) in [7, 11) is 2.08. The highest BCUT2D eigenvalue weighted by Gasteiger charge is 2.57. The van der Waals surface area contributed by atoms with E-state index in [1.54, 1.807) is 0 Å². The molecule has 2 unspecified atom stereocenters. The van der Waals surface area contributed by atoms with E-state index in [4.69, 9.17) is 0 Å². The number of halogens is 1. The van der Waals surface area contributed by atoms with Crippen molar-refractivity contribution in [2.24, 2.45) is 17.3 Å². The van der Waals surface area contributed by atoms with Gasteiger partial charge in [-0.1, -0.05) is 22.9 Å². The maximum absolute atomic E-state index is 13.1. The van der Waals surface area contributed by atoms with Crippen molar-refractivity contribution in [1.29, 1.82) is 0 Å². The number of rotatable bonds is 5. The second-order valence-electron chi connectivity index (χ2n) is 9.87. The molecule has 142 valence electrons. The van der Waals surface area contributed by atoms with Crippen LogP contribution in [0.5, 0.6) is 0 Å². The lowest BCUT2D eigenvalue weighted by Crippen LogP contribution is -2.54. The lowest BCUT2D eigenvalue weighted by atomic mass is 9.48. The minimum absolute atomic E-state index is 0.307. The summed E-state index contributed by atoms with van der Waals surface area (Å²) >= 11 is 4.09. The Morgan fingerprint density at radius 1 is 1.16 bits per heavy atom. The molecule has 0 aromatic heterocycles. The predicted molar refractivity (Wildman–Crippen MR) is 106 cm³/mol. The molecule has 25 heavy (non-hydrogen) atoms. The summed E-state index contributed by atoms with van der Waals surface area (Å²) in [6.07, 6.45) is 12.3. The Balaban J connectivity index is 1.36. The molecule has 5 aliphatic rings. The molecular formula is C21H35BrN2O. The molecule has 1 heterocycles. The molecule has 4 aliphatic carbocycles. The Labute approximate surface area is 162 Å². The van der Waals surface area contributed by atoms with Gasteiger partial charge in [0.15, 0.2) is 0 Å². The fraction of sp³-hybridized carbons (Fsp3) is 0.952. The zero-order chi connectivity index (χ0) is 17.7. The van der Waals surface area contributed by atoms with E-state index < -0.39 is 0 Å². The van der Waals surface area contributed by atoms with Gasteiger partial charge in [-0.3, -0.25) is 4.79 Å². The molecule has 1 aliphatic heterocycles. The average Bonchev–Trinajstić information content (AvgIpc) is 2.52. The van der Waals surface area contributed by atoms with Gasteiger partial charge in [-0.05, 0) is 81.6 Å². The van der Waals surface area contributed by atoms with Gasteiger partial charge in [0.05, 0.1) is 0 Å². The van der Waals surface area contributed by atoms with E-state index in [9.17, 15) is 4.79 Å². The lowest BCUT2D eigenvalue weighted by molar-refractivity contribution is -0.140. The average molecular weight is 411 g/mol. The molecule has 0 radical (unpaired) electrons. The Kier molecular flexibility index (Phi) is 4.98. The van der Waals surface area contributed by atoms with Gasteiger partial charge in [-0.2, -0.15) is 0 Å². The number of likely N-dealkylation sites (tertiary alicyclic amines) is 1. The highest BCUT2D eigenvalue weighted by atomic mass is 79.9. The Morgan fingerprint density at radius 2 is 1.80 bits per heavy atom. The Bertz CT molecular complexity index is 500. The quantitative estimate of drug-likeness (QED) is 0.625. The summed E-state index contributed by atoms with van der Waals surface area (Å²) < 4.78 is 0.363. The number of piperidine rings is 1. The molecule has 5 fully saturated rings. The number of amides is 1. The molecule has 2 atom stereocenters. The Morgan fingerprint density at radius 3 is 2.36 bits per heavy atom. The van der Waals surface area contributed by atoms with Gasteiger partial charge >= 0.3 is 0 Å². The summed E-state index contributed by atoms with van der Waals surface area (Å²) in [5, 5.41) is 0. The van der Waals surface area contributed by atoms with E-state index in [1.165, 1.54) is 51.5 Å². The molecule has 1 saturated heterocycles. The first-order chi connectivity index (χ1) is 11.9. The highest BCUT2D eigenvalue weighted by molar-refractivity contribution is 9.10. The maximum atomic E-state index is 13.1. The summed E-state index contributed by atoms with van der Waals surface area (Å²) in [4.78, 5) is 17.8. The molecule has 3 nitrogen and oxygen atoms in total. The fourth-order valence-corrected chi connectivity index (χ4v) is 8.55. The van der Waals surface area contributed by atoms with E-state index in [0.717, 1.165) is 44.2 Å². The molecule has 4 saturated carbocycles. The minimum atomic E-state index is 0.307. The third kappa shape index (κ3) is 3.67. The van der Waals surface area contributed by atoms with Crippen LogP contribution in [-0.2, 0) is 4.79 Å². The van der Waals surface area contributed by atoms with Crippen molar-refractivity contribution in [3.05, 3.63) is 0 Å². The van der Waals surface area contributed by atoms with Crippen LogP contribution in [-0.4, -0.2) is 52.8 Å². The van der Waals surface area contributed by atoms with Gasteiger partial charge in [0.2, 0.25) is 5.91 Å². The van der Waals surface area contributed by atoms with Gasteiger partial charge in [0.25, 0.3) is 0 Å². The molecule has 0 spiro atoms. The second-order valence-corrected chi connectivity index (χ2v) is 11.5. The zero-order valence-corrected chi connectivity index (χ0v) is 17.7. The zero-order valence-electron chi connectivity index (χ0n) is 16.1. The number of carbonyl (C=O) groups excluding carboxylic acids is 1. The van der Waals surface area contributed by atoms with E-state index in [0.29, 0.717) is 21.7 Å². The number of alkyl halides is 1. The molecule has 4 heteroatoms. The first-order valence-electron chi connectivity index (χ1n) is 10.6. The van der Waals surface area contributed by atoms with Crippen LogP contribution >= 0.6 is 15.9 Å². The van der Waals surface area contributed by atoms with Crippen molar-refractivity contribution in [2.75, 3.05) is 26.7 Å². The highest BCUT2D eigenvalue weighted by Crippen LogP contribution is 2.65. The van der Waals surface area contributed by atoms with Gasteiger partial charge in [0.1, 0.15) is 0 Å². The van der Waals surface area contributed by atoms with Crippen LogP contribution in [0.4, 0.5) is 0 Å². The molecule has 1 amide bonds. The predicted octanol–water partition coefficient (Wildman–Crippen LogP) is 4.44. The van der Waals surface area contributed by atoms with Gasteiger partial charge < -0.3 is 9.80 Å². The third-order valence-corrected chi connectivity index (χ3v) is 8.60. The smallest absolute Gasteiger partial charge is 0.223 e. The van der Waals surface area contributed by atoms with Crippen molar-refractivity contribution in [2.45, 2.75) is 81.5 Å². The standard InChI is InChI=1S/C21H35BrN2O/c1-3-6-24-7-4-18(5-8-24)23(2)19(25)14-20-10-16-9-17(11-20)13-21(22,12-16)15-20/h16-18H,3-15H2,1-2H3. The van der Waals surface area contributed by atoms with Crippen molar-refractivity contribution in [3.8, 4) is 0 Å². The van der Waals surface area contributed by atoms with Crippen LogP contribution < -0.4 is 0 Å². The van der Waals surface area contributed by atoms with E-state index in [2.05, 4.69) is 39.7 Å². The largest absolute Gasteiger partial charge is 0.343 e. The van der Waals surface area contributed by atoms with Crippen LogP contribution in [0.15, 0.2) is 0 Å². The van der Waals surface area contributed by atoms with Crippen molar-refractivity contribution in [1.82, 2.24) is 9.80 Å². The van der Waals surface area contributed by atoms with Crippen LogP contribution in [0.1, 0.15) is 71.1 Å². The lowest BCUT2D eigenvalue weighted by Gasteiger charge is -2.60. The van der Waals surface area contributed by atoms with Crippen molar-refractivity contribution >= 4 is 21.8 Å². The molecule has 0 N–H and O–H groups in total. The maximum Gasteiger partial charge on any atom is 0.223 e. The number of hydrogen-bond acceptors (Lipinski definition) is 2. The summed E-state index contributed by atoms with van der Waals surface area (Å²) in [5.41, 5.74) is 0.307. The Hall–Kier alpha value is -0.0900. The number of nitrogens with zero attached hydrogens (tertiary/aromatic N) is 2. The summed E-state index contributed by atoms with van der Waals surface area (Å²) in [6.45, 7) is 5.79. The van der Waals surface area contributed by atoms with E-state index in [1.807, 2.05) is 0 Å².